The van der Waals surface area contributed by atoms with E-state index in [2.05, 4.69) is 4.90 Å². The molecule has 0 aromatic carbocycles. The molecular weight excluding hydrogens is 178 g/mol. The summed E-state index contributed by atoms with van der Waals surface area (Å²) in [5.41, 5.74) is 5.78. The first kappa shape index (κ1) is 9.27. The van der Waals surface area contributed by atoms with Crippen LogP contribution in [0.4, 0.5) is 5.69 Å². The van der Waals surface area contributed by atoms with Crippen LogP contribution in [0.1, 0.15) is 6.42 Å². The lowest BCUT2D eigenvalue weighted by Crippen LogP contribution is -2.40. The second kappa shape index (κ2) is 3.84. The van der Waals surface area contributed by atoms with Crippen molar-refractivity contribution in [1.29, 1.82) is 0 Å². The summed E-state index contributed by atoms with van der Waals surface area (Å²) in [4.78, 5) is 13.8. The predicted octanol–water partition coefficient (Wildman–Crippen LogP) is 0.136. The van der Waals surface area contributed by atoms with E-state index in [4.69, 9.17) is 5.73 Å². The molecule has 4 nitrogen and oxygen atoms in total. The number of nitrogens with two attached hydrogens (primary N) is 1. The zero-order valence-corrected chi connectivity index (χ0v) is 8.15. The van der Waals surface area contributed by atoms with E-state index >= 15 is 0 Å². The van der Waals surface area contributed by atoms with Crippen LogP contribution in [0.5, 0.6) is 0 Å². The third-order valence-electron chi connectivity index (χ3n) is 2.66. The van der Waals surface area contributed by atoms with Gasteiger partial charge in [-0.3, -0.25) is 4.79 Å². The van der Waals surface area contributed by atoms with Gasteiger partial charge >= 0.3 is 0 Å². The number of likely N-dealkylation sites (tertiary alicyclic amines) is 1. The highest BCUT2D eigenvalue weighted by Gasteiger charge is 2.12. The van der Waals surface area contributed by atoms with Crippen LogP contribution in [0.15, 0.2) is 23.1 Å². The summed E-state index contributed by atoms with van der Waals surface area (Å²) in [6, 6.07) is 3.45. The van der Waals surface area contributed by atoms with Crippen LogP contribution in [-0.4, -0.2) is 29.1 Å². The molecule has 1 aromatic heterocycles. The molecule has 0 unspecified atom stereocenters. The van der Waals surface area contributed by atoms with Crippen LogP contribution in [-0.2, 0) is 6.54 Å². The topological polar surface area (TPSA) is 51.3 Å². The fourth-order valence-electron chi connectivity index (χ4n) is 1.59. The average Bonchev–Trinajstić information content (AvgIpc) is 2.09. The van der Waals surface area contributed by atoms with Crippen LogP contribution < -0.4 is 11.3 Å². The molecule has 0 spiro atoms. The van der Waals surface area contributed by atoms with Gasteiger partial charge in [-0.1, -0.05) is 0 Å². The fraction of sp³-hybridized carbons (Fsp3) is 0.500. The first-order valence-electron chi connectivity index (χ1n) is 4.94. The lowest BCUT2D eigenvalue weighted by atomic mass is 10.2. The summed E-state index contributed by atoms with van der Waals surface area (Å²) >= 11 is 0. The van der Waals surface area contributed by atoms with Gasteiger partial charge in [-0.05, 0) is 31.6 Å². The summed E-state index contributed by atoms with van der Waals surface area (Å²) in [5.74, 6) is 0. The van der Waals surface area contributed by atoms with Gasteiger partial charge in [0, 0.05) is 19.3 Å². The molecule has 1 aliphatic heterocycles. The van der Waals surface area contributed by atoms with Crippen molar-refractivity contribution >= 4 is 5.69 Å². The Morgan fingerprint density at radius 3 is 2.79 bits per heavy atom. The molecule has 2 heterocycles. The lowest BCUT2D eigenvalue weighted by Gasteiger charge is -2.30. The maximum Gasteiger partial charge on any atom is 0.273 e. The van der Waals surface area contributed by atoms with Gasteiger partial charge in [0.2, 0.25) is 0 Å². The molecule has 2 rings (SSSR count). The first-order valence-corrected chi connectivity index (χ1v) is 4.94. The molecule has 0 radical (unpaired) electrons. The highest BCUT2D eigenvalue weighted by atomic mass is 16.1. The Labute approximate surface area is 82.9 Å². The van der Waals surface area contributed by atoms with Crippen LogP contribution >= 0.6 is 0 Å². The quantitative estimate of drug-likeness (QED) is 0.742. The molecule has 1 saturated heterocycles. The summed E-state index contributed by atoms with van der Waals surface area (Å²) in [6.07, 6.45) is 3.07. The van der Waals surface area contributed by atoms with E-state index in [1.807, 2.05) is 6.07 Å². The Bertz CT molecular complexity index is 368. The number of hydrogen-bond donors (Lipinski definition) is 1. The minimum Gasteiger partial charge on any atom is -0.394 e. The van der Waals surface area contributed by atoms with E-state index in [1.165, 1.54) is 6.42 Å². The lowest BCUT2D eigenvalue weighted by molar-refractivity contribution is 0.174. The average molecular weight is 193 g/mol. The Morgan fingerprint density at radius 2 is 2.14 bits per heavy atom. The number of aromatic nitrogens is 1. The van der Waals surface area contributed by atoms with Crippen molar-refractivity contribution in [2.24, 2.45) is 0 Å². The van der Waals surface area contributed by atoms with Crippen LogP contribution in [0.3, 0.4) is 0 Å². The maximum absolute atomic E-state index is 11.5. The maximum atomic E-state index is 11.5. The van der Waals surface area contributed by atoms with Gasteiger partial charge in [0.15, 0.2) is 0 Å². The molecule has 4 heteroatoms. The van der Waals surface area contributed by atoms with Gasteiger partial charge in [-0.15, -0.1) is 0 Å². The summed E-state index contributed by atoms with van der Waals surface area (Å²) < 4.78 is 1.67. The van der Waals surface area contributed by atoms with Crippen molar-refractivity contribution in [3.05, 3.63) is 28.7 Å². The van der Waals surface area contributed by atoms with Gasteiger partial charge < -0.3 is 15.2 Å². The van der Waals surface area contributed by atoms with Crippen LogP contribution in [0.2, 0.25) is 0 Å². The molecular formula is C10H15N3O. The molecule has 1 aromatic rings. The summed E-state index contributed by atoms with van der Waals surface area (Å²) in [5, 5.41) is 0. The van der Waals surface area contributed by atoms with E-state index in [1.54, 1.807) is 16.8 Å². The van der Waals surface area contributed by atoms with E-state index in [0.717, 1.165) is 26.2 Å². The van der Waals surface area contributed by atoms with E-state index in [9.17, 15) is 4.79 Å². The normalized spacial score (nSPS) is 16.6. The Hall–Kier alpha value is -1.29. The van der Waals surface area contributed by atoms with Crippen molar-refractivity contribution in [2.45, 2.75) is 13.0 Å². The van der Waals surface area contributed by atoms with Gasteiger partial charge in [0.05, 0.1) is 5.69 Å². The van der Waals surface area contributed by atoms with Crippen molar-refractivity contribution in [3.8, 4) is 0 Å². The molecule has 76 valence electrons. The minimum absolute atomic E-state index is 0.0759. The number of hydrogen-bond acceptors (Lipinski definition) is 3. The molecule has 0 bridgehead atoms. The van der Waals surface area contributed by atoms with Crippen LogP contribution in [0.25, 0.3) is 0 Å². The third kappa shape index (κ3) is 1.80. The van der Waals surface area contributed by atoms with Crippen molar-refractivity contribution in [3.63, 3.8) is 0 Å². The zero-order chi connectivity index (χ0) is 9.97. The zero-order valence-electron chi connectivity index (χ0n) is 8.15. The third-order valence-corrected chi connectivity index (χ3v) is 2.66. The monoisotopic (exact) mass is 193 g/mol. The molecule has 0 aliphatic carbocycles. The fourth-order valence-corrected chi connectivity index (χ4v) is 1.59. The summed E-state index contributed by atoms with van der Waals surface area (Å²) in [7, 11) is 0. The molecule has 14 heavy (non-hydrogen) atoms. The van der Waals surface area contributed by atoms with Gasteiger partial charge in [-0.2, -0.15) is 0 Å². The van der Waals surface area contributed by atoms with Crippen molar-refractivity contribution in [1.82, 2.24) is 9.47 Å². The Balaban J connectivity index is 2.01. The summed E-state index contributed by atoms with van der Waals surface area (Å²) in [6.45, 7) is 4.02. The SMILES string of the molecule is Nc1cccn(CCN2CCC2)c1=O. The minimum atomic E-state index is -0.0759. The van der Waals surface area contributed by atoms with Crippen molar-refractivity contribution < 1.29 is 0 Å². The highest BCUT2D eigenvalue weighted by Crippen LogP contribution is 2.04. The second-order valence-corrected chi connectivity index (χ2v) is 3.66. The number of nitrogens with zero attached hydrogens (tertiary/aromatic N) is 2. The van der Waals surface area contributed by atoms with E-state index < -0.39 is 0 Å². The first-order chi connectivity index (χ1) is 6.77. The van der Waals surface area contributed by atoms with E-state index in [-0.39, 0.29) is 5.56 Å². The van der Waals surface area contributed by atoms with Gasteiger partial charge in [0.25, 0.3) is 5.56 Å². The molecule has 0 atom stereocenters. The van der Waals surface area contributed by atoms with Crippen molar-refractivity contribution in [2.75, 3.05) is 25.4 Å². The number of nitrogen functional groups attached to an aromatic ring is 1. The van der Waals surface area contributed by atoms with E-state index in [0.29, 0.717) is 5.69 Å². The molecule has 1 aliphatic rings. The van der Waals surface area contributed by atoms with Gasteiger partial charge in [0.1, 0.15) is 0 Å². The smallest absolute Gasteiger partial charge is 0.273 e. The second-order valence-electron chi connectivity index (χ2n) is 3.66. The number of pyridine rings is 1. The number of anilines is 1. The molecule has 2 N–H and O–H groups in total. The molecule has 0 amide bonds. The number of rotatable bonds is 3. The standard InChI is InChI=1S/C10H15N3O/c11-9-3-1-6-13(10(9)14)8-7-12-4-2-5-12/h1,3,6H,2,4-5,7-8,11H2. The predicted molar refractivity (Wildman–Crippen MR) is 56.2 cm³/mol. The largest absolute Gasteiger partial charge is 0.394 e. The Kier molecular flexibility index (Phi) is 2.54. The van der Waals surface area contributed by atoms with Crippen LogP contribution in [0, 0.1) is 0 Å². The van der Waals surface area contributed by atoms with Gasteiger partial charge in [-0.25, -0.2) is 0 Å². The molecule has 1 fully saturated rings. The highest BCUT2D eigenvalue weighted by molar-refractivity contribution is 5.33. The molecule has 0 saturated carbocycles. The Morgan fingerprint density at radius 1 is 1.36 bits per heavy atom.